The third-order valence-corrected chi connectivity index (χ3v) is 7.95. The van der Waals surface area contributed by atoms with Crippen LogP contribution < -0.4 is 26.6 Å². The molecule has 14 heteroatoms. The van der Waals surface area contributed by atoms with E-state index in [4.69, 9.17) is 0 Å². The summed E-state index contributed by atoms with van der Waals surface area (Å²) in [7, 11) is -3.24. The number of sulfonamides is 1. The maximum atomic E-state index is 12.2. The predicted molar refractivity (Wildman–Crippen MR) is 133 cm³/mol. The van der Waals surface area contributed by atoms with Crippen molar-refractivity contribution in [2.75, 3.05) is 11.1 Å². The van der Waals surface area contributed by atoms with E-state index in [-0.39, 0.29) is 35.5 Å². The average molecular weight is 518 g/mol. The number of H-pyrrole nitrogens is 2. The molecule has 3 aromatic heterocycles. The Labute approximate surface area is 207 Å². The van der Waals surface area contributed by atoms with E-state index in [2.05, 4.69) is 40.1 Å². The molecule has 13 nitrogen and oxygen atoms in total. The van der Waals surface area contributed by atoms with Gasteiger partial charge in [0.1, 0.15) is 5.69 Å². The highest BCUT2D eigenvalue weighted by Crippen LogP contribution is 2.23. The molecule has 5 N–H and O–H groups in total. The van der Waals surface area contributed by atoms with Gasteiger partial charge in [-0.05, 0) is 51.0 Å². The minimum Gasteiger partial charge on any atom is -0.493 e. The summed E-state index contributed by atoms with van der Waals surface area (Å²) in [5.74, 6) is 0.314. The zero-order valence-electron chi connectivity index (χ0n) is 20.1. The Balaban J connectivity index is 1.37. The van der Waals surface area contributed by atoms with Crippen molar-refractivity contribution in [2.45, 2.75) is 76.4 Å². The molecule has 0 saturated heterocycles. The Bertz CT molecular complexity index is 1510. The second kappa shape index (κ2) is 10.0. The lowest BCUT2D eigenvalue weighted by molar-refractivity contribution is 0.386. The number of rotatable bonds is 9. The lowest BCUT2D eigenvalue weighted by Crippen LogP contribution is -2.41. The van der Waals surface area contributed by atoms with E-state index in [9.17, 15) is 18.3 Å². The van der Waals surface area contributed by atoms with Gasteiger partial charge in [0.05, 0.1) is 18.0 Å². The first-order valence-corrected chi connectivity index (χ1v) is 14.0. The molecule has 0 amide bonds. The minimum absolute atomic E-state index is 0.0547. The fourth-order valence-corrected chi connectivity index (χ4v) is 5.86. The number of unbranched alkanes of at least 4 members (excludes halogenated alkanes) is 1. The average Bonchev–Trinajstić information content (AvgIpc) is 3.47. The SMILES string of the molecule is CCCCS(=O)(=O)NC1CCC(Nc2nc(=NC3CC3)n3ncc(=Cc4[nH]c(=O)[nH]c4O)c3n2)CC1. The molecule has 3 heterocycles. The number of imidazole rings is 1. The normalized spacial score (nSPS) is 21.9. The third kappa shape index (κ3) is 5.75. The lowest BCUT2D eigenvalue weighted by Gasteiger charge is -2.29. The quantitative estimate of drug-likeness (QED) is 0.261. The molecule has 0 aromatic carbocycles. The summed E-state index contributed by atoms with van der Waals surface area (Å²) in [6.07, 6.45) is 9.71. The predicted octanol–water partition coefficient (Wildman–Crippen LogP) is -0.100. The molecule has 2 saturated carbocycles. The Hall–Kier alpha value is -3.26. The zero-order chi connectivity index (χ0) is 25.3. The molecule has 0 atom stereocenters. The summed E-state index contributed by atoms with van der Waals surface area (Å²) >= 11 is 0. The topological polar surface area (TPSA) is 183 Å². The molecule has 0 spiro atoms. The van der Waals surface area contributed by atoms with Gasteiger partial charge in [0.15, 0.2) is 5.65 Å². The zero-order valence-corrected chi connectivity index (χ0v) is 20.9. The Morgan fingerprint density at radius 1 is 1.17 bits per heavy atom. The number of hydrogen-bond donors (Lipinski definition) is 5. The second-order valence-corrected chi connectivity index (χ2v) is 11.4. The van der Waals surface area contributed by atoms with Gasteiger partial charge in [-0.1, -0.05) is 13.3 Å². The van der Waals surface area contributed by atoms with Crippen molar-refractivity contribution in [3.63, 3.8) is 0 Å². The Kier molecular flexibility index (Phi) is 6.79. The number of nitrogens with zero attached hydrogens (tertiary/aromatic N) is 5. The summed E-state index contributed by atoms with van der Waals surface area (Å²) in [6, 6.07) is 0.257. The van der Waals surface area contributed by atoms with E-state index >= 15 is 0 Å². The highest BCUT2D eigenvalue weighted by molar-refractivity contribution is 7.89. The van der Waals surface area contributed by atoms with Gasteiger partial charge in [0, 0.05) is 17.3 Å². The Morgan fingerprint density at radius 3 is 2.58 bits per heavy atom. The Morgan fingerprint density at radius 2 is 1.92 bits per heavy atom. The number of aromatic nitrogens is 6. The first kappa shape index (κ1) is 24.4. The fourth-order valence-electron chi connectivity index (χ4n) is 4.33. The van der Waals surface area contributed by atoms with Crippen LogP contribution in [0.15, 0.2) is 16.0 Å². The van der Waals surface area contributed by atoms with E-state index in [1.807, 2.05) is 6.92 Å². The minimum atomic E-state index is -3.24. The molecule has 194 valence electrons. The van der Waals surface area contributed by atoms with Gasteiger partial charge < -0.3 is 15.4 Å². The van der Waals surface area contributed by atoms with Crippen LogP contribution in [-0.4, -0.2) is 67.0 Å². The van der Waals surface area contributed by atoms with Gasteiger partial charge in [-0.25, -0.2) is 22.9 Å². The number of nitrogens with one attached hydrogen (secondary N) is 4. The van der Waals surface area contributed by atoms with Gasteiger partial charge in [-0.15, -0.1) is 0 Å². The van der Waals surface area contributed by atoms with Gasteiger partial charge in [0.25, 0.3) is 5.62 Å². The molecule has 0 radical (unpaired) electrons. The fraction of sp³-hybridized carbons (Fsp3) is 0.591. The van der Waals surface area contributed by atoms with Crippen LogP contribution in [0.4, 0.5) is 5.95 Å². The molecule has 3 aromatic rings. The first-order valence-electron chi connectivity index (χ1n) is 12.4. The van der Waals surface area contributed by atoms with Crippen molar-refractivity contribution in [2.24, 2.45) is 4.99 Å². The summed E-state index contributed by atoms with van der Waals surface area (Å²) in [5.41, 5.74) is 0.642. The first-order chi connectivity index (χ1) is 17.3. The van der Waals surface area contributed by atoms with Crippen molar-refractivity contribution in [3.8, 4) is 5.88 Å². The molecule has 0 unspecified atom stereocenters. The lowest BCUT2D eigenvalue weighted by atomic mass is 9.92. The largest absolute Gasteiger partial charge is 0.493 e. The summed E-state index contributed by atoms with van der Waals surface area (Å²) < 4.78 is 28.9. The van der Waals surface area contributed by atoms with Crippen molar-refractivity contribution in [1.82, 2.24) is 34.3 Å². The number of anilines is 1. The smallest absolute Gasteiger partial charge is 0.326 e. The molecule has 2 fully saturated rings. The van der Waals surface area contributed by atoms with Gasteiger partial charge in [-0.3, -0.25) is 4.98 Å². The summed E-state index contributed by atoms with van der Waals surface area (Å²) in [6.45, 7) is 1.98. The van der Waals surface area contributed by atoms with E-state index in [0.717, 1.165) is 44.9 Å². The van der Waals surface area contributed by atoms with Crippen molar-refractivity contribution >= 4 is 27.7 Å². The van der Waals surface area contributed by atoms with Gasteiger partial charge in [0.2, 0.25) is 21.9 Å². The maximum absolute atomic E-state index is 12.2. The van der Waals surface area contributed by atoms with Gasteiger partial charge >= 0.3 is 5.69 Å². The van der Waals surface area contributed by atoms with Crippen LogP contribution in [0.25, 0.3) is 11.7 Å². The van der Waals surface area contributed by atoms with Crippen LogP contribution in [0.1, 0.15) is 64.0 Å². The molecule has 2 aliphatic carbocycles. The highest BCUT2D eigenvalue weighted by atomic mass is 32.2. The summed E-state index contributed by atoms with van der Waals surface area (Å²) in [4.78, 5) is 30.3. The van der Waals surface area contributed by atoms with Crippen LogP contribution >= 0.6 is 0 Å². The number of fused-ring (bicyclic) bond motifs is 1. The standard InChI is InChI=1S/C22H31N9O4S/c1-2-3-10-36(34,35)30-16-8-6-14(7-9-16)24-20-27-18-13(11-17-19(32)28-22(33)26-17)12-23-31(18)21(29-20)25-15-4-5-15/h11-12,14-16,30,32H,2-10H2,1H3,(H,24,25,29)(H2,26,28,33). The summed E-state index contributed by atoms with van der Waals surface area (Å²) in [5, 5.41) is 18.3. The third-order valence-electron chi connectivity index (χ3n) is 6.43. The van der Waals surface area contributed by atoms with Crippen molar-refractivity contribution in [3.05, 3.63) is 33.2 Å². The van der Waals surface area contributed by atoms with Crippen LogP contribution in [0, 0.1) is 0 Å². The van der Waals surface area contributed by atoms with E-state index in [1.165, 1.54) is 0 Å². The molecule has 2 aliphatic rings. The maximum Gasteiger partial charge on any atom is 0.326 e. The van der Waals surface area contributed by atoms with E-state index < -0.39 is 15.7 Å². The number of aromatic hydroxyl groups is 1. The van der Waals surface area contributed by atoms with Crippen molar-refractivity contribution < 1.29 is 13.5 Å². The monoisotopic (exact) mass is 517 g/mol. The highest BCUT2D eigenvalue weighted by Gasteiger charge is 2.26. The van der Waals surface area contributed by atoms with Crippen LogP contribution in [0.2, 0.25) is 0 Å². The molecule has 36 heavy (non-hydrogen) atoms. The molecular weight excluding hydrogens is 486 g/mol. The van der Waals surface area contributed by atoms with Crippen LogP contribution in [0.5, 0.6) is 5.88 Å². The van der Waals surface area contributed by atoms with Crippen molar-refractivity contribution in [1.29, 1.82) is 0 Å². The number of aromatic amines is 2. The molecule has 5 rings (SSSR count). The van der Waals surface area contributed by atoms with E-state index in [0.29, 0.717) is 28.9 Å². The second-order valence-electron chi connectivity index (χ2n) is 9.51. The number of hydrogen-bond acceptors (Lipinski definition) is 9. The van der Waals surface area contributed by atoms with Crippen LogP contribution in [0.3, 0.4) is 0 Å². The van der Waals surface area contributed by atoms with Gasteiger partial charge in [-0.2, -0.15) is 19.6 Å². The van der Waals surface area contributed by atoms with E-state index in [1.54, 1.807) is 16.8 Å². The molecule has 0 aliphatic heterocycles. The molecular formula is C22H31N9O4S. The van der Waals surface area contributed by atoms with Crippen LogP contribution in [-0.2, 0) is 10.0 Å². The molecule has 0 bridgehead atoms.